The van der Waals surface area contributed by atoms with Crippen molar-refractivity contribution in [2.75, 3.05) is 0 Å². The highest BCUT2D eigenvalue weighted by Gasteiger charge is 2.45. The fraction of sp³-hybridized carbons (Fsp3) is 0.500. The first-order valence-corrected chi connectivity index (χ1v) is 11.3. The summed E-state index contributed by atoms with van der Waals surface area (Å²) in [6.45, 7) is 14.1. The number of hydrogen-bond donors (Lipinski definition) is 1. The molecule has 2 aromatic heterocycles. The molecule has 0 aliphatic carbocycles. The fourth-order valence-corrected chi connectivity index (χ4v) is 11.3. The van der Waals surface area contributed by atoms with E-state index in [4.69, 9.17) is 10.1 Å². The van der Waals surface area contributed by atoms with Gasteiger partial charge in [-0.05, 0) is 46.9 Å². The van der Waals surface area contributed by atoms with Crippen LogP contribution < -0.4 is 0 Å². The Balaban J connectivity index is 2.62. The molecule has 0 spiro atoms. The van der Waals surface area contributed by atoms with Gasteiger partial charge >= 0.3 is 5.97 Å². The summed E-state index contributed by atoms with van der Waals surface area (Å²) < 4.78 is 2.49. The maximum absolute atomic E-state index is 10.7. The molecule has 2 heterocycles. The van der Waals surface area contributed by atoms with Crippen LogP contribution in [0.3, 0.4) is 0 Å². The van der Waals surface area contributed by atoms with Crippen LogP contribution in [0.4, 0.5) is 0 Å². The summed E-state index contributed by atoms with van der Waals surface area (Å²) in [7, 11) is -1.85. The number of pyridine rings is 1. The lowest BCUT2D eigenvalue weighted by molar-refractivity contribution is -0.131. The van der Waals surface area contributed by atoms with Gasteiger partial charge < -0.3 is 9.34 Å². The highest BCUT2D eigenvalue weighted by molar-refractivity contribution is 6.82. The van der Waals surface area contributed by atoms with Gasteiger partial charge in [0.1, 0.15) is 5.65 Å². The van der Waals surface area contributed by atoms with Gasteiger partial charge in [0.25, 0.3) is 0 Å². The Morgan fingerprint density at radius 3 is 2.28 bits per heavy atom. The zero-order valence-electron chi connectivity index (χ0n) is 16.2. The summed E-state index contributed by atoms with van der Waals surface area (Å²) in [5.74, 6) is -0.909. The van der Waals surface area contributed by atoms with Crippen LogP contribution >= 0.6 is 0 Å². The van der Waals surface area contributed by atoms with Gasteiger partial charge in [-0.25, -0.2) is 9.78 Å². The molecule has 2 rings (SSSR count). The van der Waals surface area contributed by atoms with E-state index in [1.54, 1.807) is 6.08 Å². The number of fused-ring (bicyclic) bond motifs is 1. The second-order valence-corrected chi connectivity index (χ2v) is 13.4. The number of aromatic nitrogens is 2. The molecule has 0 aliphatic rings. The maximum Gasteiger partial charge on any atom is 0.327 e. The van der Waals surface area contributed by atoms with Crippen LogP contribution in [0, 0.1) is 0 Å². The van der Waals surface area contributed by atoms with Crippen molar-refractivity contribution >= 4 is 25.2 Å². The molecule has 25 heavy (non-hydrogen) atoms. The average molecular weight is 359 g/mol. The van der Waals surface area contributed by atoms with Crippen molar-refractivity contribution in [1.29, 1.82) is 0 Å². The SMILES string of the molecule is CC(C)[Si](C(C)C)(C(C)C)n1ccc2c(C/C=C/C(=O)O)ccnc21. The standard InChI is InChI=1S/C20H30N2O2Si/c1-14(2)25(15(3)4,16(5)6)22-13-11-18-17(8-7-9-19(23)24)10-12-21-20(18)22/h7,9-16H,8H2,1-6H3,(H,23,24)/b9-7+. The first-order chi connectivity index (χ1) is 11.7. The van der Waals surface area contributed by atoms with E-state index in [1.807, 2.05) is 12.3 Å². The number of aliphatic carboxylic acids is 1. The predicted octanol–water partition coefficient (Wildman–Crippen LogP) is 5.24. The third-order valence-corrected chi connectivity index (χ3v) is 12.2. The van der Waals surface area contributed by atoms with Crippen molar-refractivity contribution in [2.45, 2.75) is 64.6 Å². The van der Waals surface area contributed by atoms with Crippen molar-refractivity contribution in [1.82, 2.24) is 9.22 Å². The van der Waals surface area contributed by atoms with E-state index in [9.17, 15) is 4.79 Å². The smallest absolute Gasteiger partial charge is 0.327 e. The summed E-state index contributed by atoms with van der Waals surface area (Å²) in [6, 6.07) is 4.14. The van der Waals surface area contributed by atoms with Crippen LogP contribution in [0.1, 0.15) is 47.1 Å². The van der Waals surface area contributed by atoms with E-state index in [1.165, 1.54) is 6.08 Å². The van der Waals surface area contributed by atoms with E-state index in [2.05, 4.69) is 58.0 Å². The molecule has 5 heteroatoms. The highest BCUT2D eigenvalue weighted by atomic mass is 28.3. The van der Waals surface area contributed by atoms with Crippen LogP contribution in [-0.2, 0) is 11.2 Å². The van der Waals surface area contributed by atoms with Crippen LogP contribution in [0.5, 0.6) is 0 Å². The second-order valence-electron chi connectivity index (χ2n) is 7.69. The minimum atomic E-state index is -1.85. The van der Waals surface area contributed by atoms with Gasteiger partial charge in [0.15, 0.2) is 8.24 Å². The molecule has 0 aromatic carbocycles. The molecule has 0 unspecified atom stereocenters. The summed E-state index contributed by atoms with van der Waals surface area (Å²) in [5, 5.41) is 9.94. The molecule has 0 saturated heterocycles. The van der Waals surface area contributed by atoms with Gasteiger partial charge in [-0.3, -0.25) is 0 Å². The number of allylic oxidation sites excluding steroid dienone is 1. The number of nitrogens with zero attached hydrogens (tertiary/aromatic N) is 2. The normalized spacial score (nSPS) is 13.0. The molecule has 1 N–H and O–H groups in total. The topological polar surface area (TPSA) is 55.1 Å². The quantitative estimate of drug-likeness (QED) is 0.544. The number of hydrogen-bond acceptors (Lipinski definition) is 2. The van der Waals surface area contributed by atoms with Gasteiger partial charge in [0.2, 0.25) is 0 Å². The molecule has 0 fully saturated rings. The number of rotatable bonds is 7. The van der Waals surface area contributed by atoms with Crippen molar-refractivity contribution in [3.8, 4) is 0 Å². The van der Waals surface area contributed by atoms with E-state index < -0.39 is 14.2 Å². The van der Waals surface area contributed by atoms with Gasteiger partial charge in [-0.15, -0.1) is 0 Å². The van der Waals surface area contributed by atoms with E-state index in [0.717, 1.165) is 16.6 Å². The second kappa shape index (κ2) is 7.56. The van der Waals surface area contributed by atoms with Crippen molar-refractivity contribution in [3.63, 3.8) is 0 Å². The highest BCUT2D eigenvalue weighted by Crippen LogP contribution is 2.44. The van der Waals surface area contributed by atoms with E-state index in [0.29, 0.717) is 23.0 Å². The first-order valence-electron chi connectivity index (χ1n) is 9.07. The Morgan fingerprint density at radius 2 is 1.76 bits per heavy atom. The number of carboxylic acid groups (broad SMARTS) is 1. The molecular formula is C20H30N2O2Si. The maximum atomic E-state index is 10.7. The van der Waals surface area contributed by atoms with Crippen molar-refractivity contribution < 1.29 is 9.90 Å². The van der Waals surface area contributed by atoms with Crippen LogP contribution in [-0.4, -0.2) is 28.5 Å². The van der Waals surface area contributed by atoms with E-state index in [-0.39, 0.29) is 0 Å². The Kier molecular flexibility index (Phi) is 5.88. The first kappa shape index (κ1) is 19.4. The van der Waals surface area contributed by atoms with Crippen molar-refractivity contribution in [2.24, 2.45) is 0 Å². The lowest BCUT2D eigenvalue weighted by Gasteiger charge is -2.44. The molecule has 0 radical (unpaired) electrons. The monoisotopic (exact) mass is 358 g/mol. The molecule has 4 nitrogen and oxygen atoms in total. The molecule has 0 saturated carbocycles. The molecule has 0 amide bonds. The molecule has 0 aliphatic heterocycles. The molecule has 2 aromatic rings. The number of carbonyl (C=O) groups is 1. The lowest BCUT2D eigenvalue weighted by Crippen LogP contribution is -2.51. The van der Waals surface area contributed by atoms with Crippen LogP contribution in [0.25, 0.3) is 11.0 Å². The Bertz CT molecular complexity index is 753. The third kappa shape index (κ3) is 3.43. The van der Waals surface area contributed by atoms with Gasteiger partial charge in [0.05, 0.1) is 0 Å². The Labute approximate surface area is 151 Å². The number of carboxylic acids is 1. The Morgan fingerprint density at radius 1 is 1.16 bits per heavy atom. The zero-order valence-corrected chi connectivity index (χ0v) is 17.2. The van der Waals surface area contributed by atoms with Gasteiger partial charge in [0, 0.05) is 17.7 Å². The predicted molar refractivity (Wildman–Crippen MR) is 107 cm³/mol. The summed E-state index contributed by atoms with van der Waals surface area (Å²) in [6.07, 6.45) is 7.58. The van der Waals surface area contributed by atoms with Crippen molar-refractivity contribution in [3.05, 3.63) is 42.2 Å². The van der Waals surface area contributed by atoms with Gasteiger partial charge in [-0.2, -0.15) is 0 Å². The van der Waals surface area contributed by atoms with Gasteiger partial charge in [-0.1, -0.05) is 47.6 Å². The minimum absolute atomic E-state index is 0.598. The summed E-state index contributed by atoms with van der Waals surface area (Å²) in [5.41, 5.74) is 3.96. The molecule has 136 valence electrons. The zero-order chi connectivity index (χ0) is 18.8. The molecule has 0 atom stereocenters. The average Bonchev–Trinajstić information content (AvgIpc) is 2.92. The molecular weight excluding hydrogens is 328 g/mol. The Hall–Kier alpha value is -1.88. The van der Waals surface area contributed by atoms with E-state index >= 15 is 0 Å². The lowest BCUT2D eigenvalue weighted by atomic mass is 10.1. The largest absolute Gasteiger partial charge is 0.478 e. The minimum Gasteiger partial charge on any atom is -0.478 e. The van der Waals surface area contributed by atoms with Crippen LogP contribution in [0.2, 0.25) is 16.6 Å². The third-order valence-electron chi connectivity index (χ3n) is 5.47. The summed E-state index contributed by atoms with van der Waals surface area (Å²) in [4.78, 5) is 15.4. The fourth-order valence-electron chi connectivity index (χ4n) is 4.71. The molecule has 0 bridgehead atoms. The summed E-state index contributed by atoms with van der Waals surface area (Å²) >= 11 is 0. The van der Waals surface area contributed by atoms with Crippen LogP contribution in [0.15, 0.2) is 36.7 Å².